The molecule has 0 saturated heterocycles. The van der Waals surface area contributed by atoms with Gasteiger partial charge in [0, 0.05) is 5.57 Å². The van der Waals surface area contributed by atoms with Crippen LogP contribution in [0.2, 0.25) is 24.2 Å². The molecule has 19 heavy (non-hydrogen) atoms. The Morgan fingerprint density at radius 2 is 1.63 bits per heavy atom. The number of hydrogen-bond acceptors (Lipinski definition) is 2. The van der Waals surface area contributed by atoms with Crippen molar-refractivity contribution < 1.29 is 9.53 Å². The Morgan fingerprint density at radius 1 is 1.05 bits per heavy atom. The van der Waals surface area contributed by atoms with Crippen molar-refractivity contribution in [1.82, 2.24) is 0 Å². The fourth-order valence-corrected chi connectivity index (χ4v) is 7.79. The number of carbonyl (C=O) groups excluding carboxylic acids is 1. The lowest BCUT2D eigenvalue weighted by Crippen LogP contribution is -2.32. The van der Waals surface area contributed by atoms with Crippen LogP contribution in [-0.4, -0.2) is 20.7 Å². The normalized spacial score (nSPS) is 11.4. The van der Waals surface area contributed by atoms with Crippen molar-refractivity contribution in [3.8, 4) is 0 Å². The van der Waals surface area contributed by atoms with Crippen molar-refractivity contribution in [2.24, 2.45) is 0 Å². The third-order valence-corrected chi connectivity index (χ3v) is 10.0. The standard InChI is InChI=1S/C16H32O2Si/c1-6-12-19(8-3,13-7-2)14-10-9-11-18-16(17)15(4)5/h4,6-14H2,1-3,5H3. The third kappa shape index (κ3) is 7.56. The van der Waals surface area contributed by atoms with Gasteiger partial charge in [0.05, 0.1) is 14.7 Å². The van der Waals surface area contributed by atoms with Gasteiger partial charge in [-0.3, -0.25) is 0 Å². The average molecular weight is 285 g/mol. The summed E-state index contributed by atoms with van der Waals surface area (Å²) in [7, 11) is -1.03. The number of unbranched alkanes of at least 4 members (excludes halogenated alkanes) is 1. The predicted octanol–water partition coefficient (Wildman–Crippen LogP) is 5.17. The molecule has 0 atom stereocenters. The second-order valence-electron chi connectivity index (χ2n) is 5.73. The zero-order valence-corrected chi connectivity index (χ0v) is 14.4. The first-order valence-electron chi connectivity index (χ1n) is 7.84. The minimum Gasteiger partial charge on any atom is -0.462 e. The maximum absolute atomic E-state index is 11.3. The number of esters is 1. The molecule has 0 aromatic rings. The van der Waals surface area contributed by atoms with Crippen LogP contribution in [-0.2, 0) is 9.53 Å². The molecular formula is C16H32O2Si. The molecule has 0 N–H and O–H groups in total. The monoisotopic (exact) mass is 284 g/mol. The summed E-state index contributed by atoms with van der Waals surface area (Å²) in [4.78, 5) is 11.3. The largest absolute Gasteiger partial charge is 0.462 e. The van der Waals surface area contributed by atoms with E-state index < -0.39 is 8.07 Å². The van der Waals surface area contributed by atoms with Gasteiger partial charge in [-0.05, 0) is 13.3 Å². The summed E-state index contributed by atoms with van der Waals surface area (Å²) in [5.74, 6) is -0.249. The Bertz CT molecular complexity index is 268. The van der Waals surface area contributed by atoms with Crippen molar-refractivity contribution in [3.05, 3.63) is 12.2 Å². The Hall–Kier alpha value is -0.573. The lowest BCUT2D eigenvalue weighted by Gasteiger charge is -2.30. The first-order chi connectivity index (χ1) is 9.01. The van der Waals surface area contributed by atoms with E-state index in [1.165, 1.54) is 43.4 Å². The topological polar surface area (TPSA) is 26.3 Å². The summed E-state index contributed by atoms with van der Waals surface area (Å²) >= 11 is 0. The van der Waals surface area contributed by atoms with Crippen LogP contribution >= 0.6 is 0 Å². The molecule has 0 heterocycles. The fraction of sp³-hybridized carbons (Fsp3) is 0.812. The van der Waals surface area contributed by atoms with E-state index in [1.807, 2.05) is 0 Å². The van der Waals surface area contributed by atoms with Crippen molar-refractivity contribution in [2.75, 3.05) is 6.61 Å². The van der Waals surface area contributed by atoms with Crippen LogP contribution in [0.25, 0.3) is 0 Å². The molecule has 2 nitrogen and oxygen atoms in total. The first-order valence-corrected chi connectivity index (χ1v) is 10.7. The van der Waals surface area contributed by atoms with Gasteiger partial charge in [-0.25, -0.2) is 4.79 Å². The van der Waals surface area contributed by atoms with E-state index in [1.54, 1.807) is 6.92 Å². The molecule has 0 saturated carbocycles. The zero-order chi connectivity index (χ0) is 14.7. The molecule has 3 heteroatoms. The molecule has 0 aromatic carbocycles. The zero-order valence-electron chi connectivity index (χ0n) is 13.4. The van der Waals surface area contributed by atoms with E-state index in [9.17, 15) is 4.79 Å². The summed E-state index contributed by atoms with van der Waals surface area (Å²) in [6.45, 7) is 12.8. The summed E-state index contributed by atoms with van der Waals surface area (Å²) in [6, 6.07) is 5.72. The average Bonchev–Trinajstić information content (AvgIpc) is 2.38. The van der Waals surface area contributed by atoms with Crippen molar-refractivity contribution in [3.63, 3.8) is 0 Å². The summed E-state index contributed by atoms with van der Waals surface area (Å²) in [6.07, 6.45) is 4.86. The van der Waals surface area contributed by atoms with E-state index in [-0.39, 0.29) is 5.97 Å². The van der Waals surface area contributed by atoms with Gasteiger partial charge in [0.25, 0.3) is 0 Å². The number of carbonyl (C=O) groups is 1. The number of rotatable bonds is 11. The molecule has 0 amide bonds. The Labute approximate surface area is 120 Å². The highest BCUT2D eigenvalue weighted by molar-refractivity contribution is 6.79. The second-order valence-corrected chi connectivity index (χ2v) is 10.9. The van der Waals surface area contributed by atoms with Gasteiger partial charge < -0.3 is 4.74 Å². The van der Waals surface area contributed by atoms with Gasteiger partial charge in [0.1, 0.15) is 0 Å². The van der Waals surface area contributed by atoms with Crippen molar-refractivity contribution in [1.29, 1.82) is 0 Å². The molecule has 0 rings (SSSR count). The molecule has 0 spiro atoms. The van der Waals surface area contributed by atoms with Gasteiger partial charge >= 0.3 is 5.97 Å². The van der Waals surface area contributed by atoms with Crippen LogP contribution in [0.4, 0.5) is 0 Å². The maximum atomic E-state index is 11.3. The Morgan fingerprint density at radius 3 is 2.05 bits per heavy atom. The van der Waals surface area contributed by atoms with Gasteiger partial charge in [-0.15, -0.1) is 0 Å². The molecule has 0 radical (unpaired) electrons. The van der Waals surface area contributed by atoms with Crippen LogP contribution in [0.5, 0.6) is 0 Å². The molecule has 0 aliphatic rings. The molecule has 112 valence electrons. The van der Waals surface area contributed by atoms with Gasteiger partial charge in [0.2, 0.25) is 0 Å². The number of hydrogen-bond donors (Lipinski definition) is 0. The van der Waals surface area contributed by atoms with E-state index in [2.05, 4.69) is 27.4 Å². The lowest BCUT2D eigenvalue weighted by molar-refractivity contribution is -0.139. The molecule has 0 bridgehead atoms. The van der Waals surface area contributed by atoms with Crippen molar-refractivity contribution in [2.45, 2.75) is 77.6 Å². The minimum atomic E-state index is -1.03. The smallest absolute Gasteiger partial charge is 0.333 e. The van der Waals surface area contributed by atoms with Crippen LogP contribution in [0, 0.1) is 0 Å². The highest BCUT2D eigenvalue weighted by Crippen LogP contribution is 2.30. The molecule has 0 aliphatic carbocycles. The van der Waals surface area contributed by atoms with E-state index in [0.29, 0.717) is 12.2 Å². The van der Waals surface area contributed by atoms with E-state index in [0.717, 1.165) is 6.42 Å². The SMILES string of the molecule is C=C(C)C(=O)OCCCC[Si](CC)(CCC)CCC. The molecule has 0 aliphatic heterocycles. The minimum absolute atomic E-state index is 0.249. The van der Waals surface area contributed by atoms with Crippen LogP contribution in [0.15, 0.2) is 12.2 Å². The van der Waals surface area contributed by atoms with Gasteiger partial charge in [-0.1, -0.05) is 70.8 Å². The second kappa shape index (κ2) is 10.2. The van der Waals surface area contributed by atoms with E-state index >= 15 is 0 Å². The molecular weight excluding hydrogens is 252 g/mol. The van der Waals surface area contributed by atoms with Crippen LogP contribution in [0.3, 0.4) is 0 Å². The van der Waals surface area contributed by atoms with Crippen LogP contribution in [0.1, 0.15) is 53.4 Å². The third-order valence-electron chi connectivity index (χ3n) is 3.99. The molecule has 0 unspecified atom stereocenters. The fourth-order valence-electron chi connectivity index (χ4n) is 2.86. The summed E-state index contributed by atoms with van der Waals surface area (Å²) in [5.41, 5.74) is 0.495. The predicted molar refractivity (Wildman–Crippen MR) is 86.2 cm³/mol. The lowest BCUT2D eigenvalue weighted by atomic mass is 10.3. The van der Waals surface area contributed by atoms with Gasteiger partial charge in [-0.2, -0.15) is 0 Å². The number of ether oxygens (including phenoxy) is 1. The quantitative estimate of drug-likeness (QED) is 0.226. The molecule has 0 fully saturated rings. The Balaban J connectivity index is 3.99. The van der Waals surface area contributed by atoms with Crippen LogP contribution < -0.4 is 0 Å². The Kier molecular flexibility index (Phi) is 9.93. The summed E-state index contributed by atoms with van der Waals surface area (Å²) < 4.78 is 5.15. The highest BCUT2D eigenvalue weighted by Gasteiger charge is 2.27. The highest BCUT2D eigenvalue weighted by atomic mass is 28.3. The first kappa shape index (κ1) is 18.4. The van der Waals surface area contributed by atoms with Crippen molar-refractivity contribution >= 4 is 14.0 Å². The molecule has 0 aromatic heterocycles. The maximum Gasteiger partial charge on any atom is 0.333 e. The summed E-state index contributed by atoms with van der Waals surface area (Å²) in [5, 5.41) is 0. The van der Waals surface area contributed by atoms with E-state index in [4.69, 9.17) is 4.74 Å². The van der Waals surface area contributed by atoms with Gasteiger partial charge in [0.15, 0.2) is 0 Å².